The number of likely N-dealkylation sites (N-methyl/N-ethyl adjacent to an activating group) is 1. The summed E-state index contributed by atoms with van der Waals surface area (Å²) in [4.78, 5) is 0. The van der Waals surface area contributed by atoms with Gasteiger partial charge >= 0.3 is 0 Å². The highest BCUT2D eigenvalue weighted by Crippen LogP contribution is 2.38. The van der Waals surface area contributed by atoms with E-state index in [1.165, 1.54) is 18.4 Å². The molecule has 118 valence electrons. The predicted molar refractivity (Wildman–Crippen MR) is 93.1 cm³/mol. The van der Waals surface area contributed by atoms with E-state index in [-0.39, 0.29) is 5.60 Å². The Morgan fingerprint density at radius 2 is 2.05 bits per heavy atom. The van der Waals surface area contributed by atoms with Crippen LogP contribution in [0.2, 0.25) is 5.02 Å². The Hall–Kier alpha value is -0.0900. The van der Waals surface area contributed by atoms with Crippen LogP contribution < -0.4 is 5.32 Å². The molecule has 1 aromatic rings. The van der Waals surface area contributed by atoms with Crippen LogP contribution in [0.4, 0.5) is 0 Å². The third-order valence-electron chi connectivity index (χ3n) is 4.41. The lowest BCUT2D eigenvalue weighted by Gasteiger charge is -2.38. The summed E-state index contributed by atoms with van der Waals surface area (Å²) in [6, 6.07) is 6.48. The first-order chi connectivity index (χ1) is 10.1. The summed E-state index contributed by atoms with van der Waals surface area (Å²) in [7, 11) is 0. The molecule has 0 radical (unpaired) electrons. The highest BCUT2D eigenvalue weighted by molar-refractivity contribution is 9.10. The fourth-order valence-corrected chi connectivity index (χ4v) is 4.20. The Morgan fingerprint density at radius 3 is 2.62 bits per heavy atom. The molecule has 1 aliphatic rings. The van der Waals surface area contributed by atoms with E-state index in [1.807, 2.05) is 6.07 Å². The minimum Gasteiger partial charge on any atom is -0.374 e. The summed E-state index contributed by atoms with van der Waals surface area (Å²) in [6.07, 6.45) is 5.73. The van der Waals surface area contributed by atoms with Crippen LogP contribution >= 0.6 is 27.5 Å². The summed E-state index contributed by atoms with van der Waals surface area (Å²) >= 11 is 9.87. The van der Waals surface area contributed by atoms with Gasteiger partial charge in [-0.25, -0.2) is 0 Å². The van der Waals surface area contributed by atoms with Crippen LogP contribution in [-0.2, 0) is 11.2 Å². The first-order valence-corrected chi connectivity index (χ1v) is 9.09. The second-order valence-electron chi connectivity index (χ2n) is 5.76. The molecule has 0 amide bonds. The van der Waals surface area contributed by atoms with Crippen molar-refractivity contribution in [2.24, 2.45) is 0 Å². The Morgan fingerprint density at radius 1 is 1.33 bits per heavy atom. The maximum absolute atomic E-state index is 6.40. The van der Waals surface area contributed by atoms with E-state index in [0.29, 0.717) is 6.04 Å². The van der Waals surface area contributed by atoms with E-state index in [1.54, 1.807) is 0 Å². The molecule has 1 atom stereocenters. The van der Waals surface area contributed by atoms with E-state index < -0.39 is 0 Å². The topological polar surface area (TPSA) is 21.3 Å². The van der Waals surface area contributed by atoms with Gasteiger partial charge in [0.15, 0.2) is 0 Å². The summed E-state index contributed by atoms with van der Waals surface area (Å²) in [6.45, 7) is 5.98. The Balaban J connectivity index is 2.21. The number of hydrogen-bond donors (Lipinski definition) is 1. The van der Waals surface area contributed by atoms with Gasteiger partial charge in [-0.2, -0.15) is 0 Å². The molecular weight excluding hydrogens is 350 g/mol. The van der Waals surface area contributed by atoms with Crippen molar-refractivity contribution in [3.05, 3.63) is 33.3 Å². The first-order valence-electron chi connectivity index (χ1n) is 7.92. The number of rotatable bonds is 7. The zero-order valence-corrected chi connectivity index (χ0v) is 15.3. The lowest BCUT2D eigenvalue weighted by molar-refractivity contribution is -0.0609. The highest BCUT2D eigenvalue weighted by Gasteiger charge is 2.41. The number of nitrogens with one attached hydrogen (secondary N) is 1. The summed E-state index contributed by atoms with van der Waals surface area (Å²) < 4.78 is 7.25. The van der Waals surface area contributed by atoms with Crippen molar-refractivity contribution in [3.63, 3.8) is 0 Å². The molecule has 0 bridgehead atoms. The predicted octanol–water partition coefficient (Wildman–Crippen LogP) is 4.97. The fraction of sp³-hybridized carbons (Fsp3) is 0.647. The number of hydrogen-bond acceptors (Lipinski definition) is 2. The zero-order valence-electron chi connectivity index (χ0n) is 12.9. The Kier molecular flexibility index (Phi) is 6.54. The van der Waals surface area contributed by atoms with Crippen LogP contribution in [0, 0.1) is 0 Å². The van der Waals surface area contributed by atoms with E-state index in [4.69, 9.17) is 16.3 Å². The van der Waals surface area contributed by atoms with Crippen molar-refractivity contribution in [1.29, 1.82) is 0 Å². The molecular formula is C17H25BrClNO. The molecule has 4 heteroatoms. The Labute approximate surface area is 141 Å². The third-order valence-corrected chi connectivity index (χ3v) is 5.25. The normalized spacial score (nSPS) is 18.9. The molecule has 0 saturated heterocycles. The molecule has 1 N–H and O–H groups in total. The van der Waals surface area contributed by atoms with Crippen molar-refractivity contribution < 1.29 is 4.74 Å². The van der Waals surface area contributed by atoms with Crippen LogP contribution in [0.15, 0.2) is 22.7 Å². The van der Waals surface area contributed by atoms with E-state index in [0.717, 1.165) is 41.9 Å². The van der Waals surface area contributed by atoms with Gasteiger partial charge in [-0.15, -0.1) is 0 Å². The summed E-state index contributed by atoms with van der Waals surface area (Å²) in [5.41, 5.74) is 1.16. The molecule has 0 spiro atoms. The molecule has 2 nitrogen and oxygen atoms in total. The van der Waals surface area contributed by atoms with E-state index in [9.17, 15) is 0 Å². The molecule has 1 aromatic carbocycles. The summed E-state index contributed by atoms with van der Waals surface area (Å²) in [5, 5.41) is 4.48. The van der Waals surface area contributed by atoms with Gasteiger partial charge in [-0.1, -0.05) is 53.4 Å². The average Bonchev–Trinajstić information content (AvgIpc) is 2.91. The lowest BCUT2D eigenvalue weighted by Crippen LogP contribution is -2.52. The number of ether oxygens (including phenoxy) is 1. The van der Waals surface area contributed by atoms with Crippen LogP contribution in [0.5, 0.6) is 0 Å². The minimum absolute atomic E-state index is 0.0266. The van der Waals surface area contributed by atoms with Gasteiger partial charge in [-0.05, 0) is 50.4 Å². The molecule has 0 aromatic heterocycles. The maximum atomic E-state index is 6.40. The zero-order chi connectivity index (χ0) is 15.3. The van der Waals surface area contributed by atoms with Crippen LogP contribution in [0.3, 0.4) is 0 Å². The molecule has 0 heterocycles. The SMILES string of the molecule is CCNC(Cc1ccc(Br)cc1Cl)C1(OCC)CCCC1. The van der Waals surface area contributed by atoms with E-state index >= 15 is 0 Å². The molecule has 0 aliphatic heterocycles. The molecule has 1 aliphatic carbocycles. The van der Waals surface area contributed by atoms with Crippen LogP contribution in [0.1, 0.15) is 45.1 Å². The van der Waals surface area contributed by atoms with Gasteiger partial charge in [0, 0.05) is 22.1 Å². The molecule has 1 fully saturated rings. The second-order valence-corrected chi connectivity index (χ2v) is 7.08. The monoisotopic (exact) mass is 373 g/mol. The average molecular weight is 375 g/mol. The quantitative estimate of drug-likeness (QED) is 0.727. The van der Waals surface area contributed by atoms with Crippen molar-refractivity contribution in [1.82, 2.24) is 5.32 Å². The van der Waals surface area contributed by atoms with Gasteiger partial charge in [0.05, 0.1) is 5.60 Å². The van der Waals surface area contributed by atoms with Gasteiger partial charge in [0.1, 0.15) is 0 Å². The highest BCUT2D eigenvalue weighted by atomic mass is 79.9. The van der Waals surface area contributed by atoms with Gasteiger partial charge in [-0.3, -0.25) is 0 Å². The lowest BCUT2D eigenvalue weighted by atomic mass is 9.87. The van der Waals surface area contributed by atoms with Crippen molar-refractivity contribution in [2.45, 2.75) is 57.6 Å². The first kappa shape index (κ1) is 17.3. The number of halogens is 2. The van der Waals surface area contributed by atoms with Crippen LogP contribution in [-0.4, -0.2) is 24.8 Å². The van der Waals surface area contributed by atoms with Crippen molar-refractivity contribution >= 4 is 27.5 Å². The molecule has 1 saturated carbocycles. The number of benzene rings is 1. The smallest absolute Gasteiger partial charge is 0.0837 e. The molecule has 2 rings (SSSR count). The fourth-order valence-electron chi connectivity index (χ4n) is 3.45. The second kappa shape index (κ2) is 7.96. The standard InChI is InChI=1S/C17H25BrClNO/c1-3-20-16(17(21-4-2)9-5-6-10-17)11-13-7-8-14(18)12-15(13)19/h7-8,12,16,20H,3-6,9-11H2,1-2H3. The van der Waals surface area contributed by atoms with E-state index in [2.05, 4.69) is 47.2 Å². The van der Waals surface area contributed by atoms with Gasteiger partial charge in [0.2, 0.25) is 0 Å². The van der Waals surface area contributed by atoms with Crippen LogP contribution in [0.25, 0.3) is 0 Å². The largest absolute Gasteiger partial charge is 0.374 e. The maximum Gasteiger partial charge on any atom is 0.0837 e. The van der Waals surface area contributed by atoms with Gasteiger partial charge < -0.3 is 10.1 Å². The van der Waals surface area contributed by atoms with Crippen molar-refractivity contribution in [3.8, 4) is 0 Å². The van der Waals surface area contributed by atoms with Crippen molar-refractivity contribution in [2.75, 3.05) is 13.2 Å². The summed E-state index contributed by atoms with van der Waals surface area (Å²) in [5.74, 6) is 0. The third kappa shape index (κ3) is 4.22. The Bertz CT molecular complexity index is 460. The minimum atomic E-state index is -0.0266. The van der Waals surface area contributed by atoms with Gasteiger partial charge in [0.25, 0.3) is 0 Å². The molecule has 1 unspecified atom stereocenters. The molecule has 21 heavy (non-hydrogen) atoms.